The van der Waals surface area contributed by atoms with Crippen LogP contribution in [0.4, 0.5) is 10.1 Å². The highest BCUT2D eigenvalue weighted by molar-refractivity contribution is 6.38. The van der Waals surface area contributed by atoms with Crippen molar-refractivity contribution in [3.63, 3.8) is 0 Å². The molecule has 0 bridgehead atoms. The number of nitrogens with two attached hydrogens (primary N) is 1. The van der Waals surface area contributed by atoms with Crippen LogP contribution in [-0.4, -0.2) is 5.16 Å². The van der Waals surface area contributed by atoms with Gasteiger partial charge in [0.05, 0.1) is 21.8 Å². The number of aryl methyl sites for hydroxylation is 1. The van der Waals surface area contributed by atoms with E-state index in [0.29, 0.717) is 16.7 Å². The van der Waals surface area contributed by atoms with Crippen LogP contribution in [0.2, 0.25) is 5.02 Å². The van der Waals surface area contributed by atoms with E-state index in [2.05, 4.69) is 5.16 Å². The first kappa shape index (κ1) is 8.31. The topological polar surface area (TPSA) is 52.0 Å². The van der Waals surface area contributed by atoms with Crippen LogP contribution in [0.15, 0.2) is 10.6 Å². The molecule has 1 aromatic carbocycles. The van der Waals surface area contributed by atoms with E-state index in [-0.39, 0.29) is 10.7 Å². The monoisotopic (exact) mass is 200 g/mol. The van der Waals surface area contributed by atoms with Gasteiger partial charge in [-0.25, -0.2) is 4.39 Å². The Hall–Kier alpha value is -1.29. The molecule has 1 aromatic heterocycles. The molecule has 13 heavy (non-hydrogen) atoms. The third-order valence-corrected chi connectivity index (χ3v) is 2.25. The molecule has 0 unspecified atom stereocenters. The highest BCUT2D eigenvalue weighted by atomic mass is 35.5. The second kappa shape index (κ2) is 2.60. The molecule has 1 heterocycles. The minimum Gasteiger partial charge on any atom is -0.395 e. The van der Waals surface area contributed by atoms with Crippen molar-refractivity contribution in [2.75, 3.05) is 5.73 Å². The van der Waals surface area contributed by atoms with Crippen molar-refractivity contribution >= 4 is 28.3 Å². The molecule has 5 heteroatoms. The van der Waals surface area contributed by atoms with Crippen LogP contribution in [0.1, 0.15) is 5.69 Å². The Morgan fingerprint density at radius 1 is 1.62 bits per heavy atom. The molecule has 2 aromatic rings. The van der Waals surface area contributed by atoms with Crippen molar-refractivity contribution in [3.8, 4) is 0 Å². The lowest BCUT2D eigenvalue weighted by molar-refractivity contribution is 0.449. The van der Waals surface area contributed by atoms with Crippen LogP contribution in [0.5, 0.6) is 0 Å². The first-order valence-corrected chi connectivity index (χ1v) is 3.98. The van der Waals surface area contributed by atoms with E-state index < -0.39 is 5.82 Å². The average molecular weight is 201 g/mol. The molecule has 3 nitrogen and oxygen atoms in total. The minimum atomic E-state index is -0.589. The minimum absolute atomic E-state index is 0.0690. The van der Waals surface area contributed by atoms with Crippen LogP contribution < -0.4 is 5.73 Å². The summed E-state index contributed by atoms with van der Waals surface area (Å²) in [6.07, 6.45) is 0. The highest BCUT2D eigenvalue weighted by Crippen LogP contribution is 2.33. The molecule has 68 valence electrons. The molecule has 0 spiro atoms. The Balaban J connectivity index is 2.97. The lowest BCUT2D eigenvalue weighted by atomic mass is 10.2. The van der Waals surface area contributed by atoms with Crippen molar-refractivity contribution < 1.29 is 8.91 Å². The summed E-state index contributed by atoms with van der Waals surface area (Å²) in [5.41, 5.74) is 6.25. The fourth-order valence-corrected chi connectivity index (χ4v) is 1.51. The summed E-state index contributed by atoms with van der Waals surface area (Å²) in [6, 6.07) is 1.18. The second-order valence-corrected chi connectivity index (χ2v) is 3.11. The zero-order chi connectivity index (χ0) is 9.59. The molecular weight excluding hydrogens is 195 g/mol. The van der Waals surface area contributed by atoms with E-state index in [1.165, 1.54) is 6.07 Å². The molecule has 0 saturated heterocycles. The fraction of sp³-hybridized carbons (Fsp3) is 0.125. The highest BCUT2D eigenvalue weighted by Gasteiger charge is 2.14. The van der Waals surface area contributed by atoms with E-state index in [9.17, 15) is 4.39 Å². The molecule has 0 aliphatic rings. The molecule has 2 rings (SSSR count). The molecule has 0 atom stereocenters. The molecule has 0 saturated carbocycles. The summed E-state index contributed by atoms with van der Waals surface area (Å²) in [4.78, 5) is 0. The van der Waals surface area contributed by atoms with Crippen molar-refractivity contribution in [1.82, 2.24) is 5.16 Å². The number of hydrogen-bond acceptors (Lipinski definition) is 3. The van der Waals surface area contributed by atoms with Gasteiger partial charge < -0.3 is 10.3 Å². The normalized spacial score (nSPS) is 11.0. The van der Waals surface area contributed by atoms with E-state index in [0.717, 1.165) is 0 Å². The number of aromatic nitrogens is 1. The maximum Gasteiger partial charge on any atom is 0.171 e. The predicted octanol–water partition coefficient (Wildman–Crippen LogP) is 2.51. The number of halogens is 2. The van der Waals surface area contributed by atoms with Gasteiger partial charge in [-0.05, 0) is 6.92 Å². The molecule has 0 aliphatic heterocycles. The Kier molecular flexibility index (Phi) is 1.66. The SMILES string of the molecule is Cc1noc2cc(F)c(N)c(Cl)c12. The Labute approximate surface area is 78.3 Å². The van der Waals surface area contributed by atoms with Gasteiger partial charge in [-0.2, -0.15) is 0 Å². The number of benzene rings is 1. The van der Waals surface area contributed by atoms with E-state index >= 15 is 0 Å². The van der Waals surface area contributed by atoms with Gasteiger partial charge in [0.2, 0.25) is 0 Å². The van der Waals surface area contributed by atoms with Crippen LogP contribution in [0, 0.1) is 12.7 Å². The molecule has 0 amide bonds. The summed E-state index contributed by atoms with van der Waals surface area (Å²) < 4.78 is 17.9. The zero-order valence-electron chi connectivity index (χ0n) is 6.77. The van der Waals surface area contributed by atoms with Gasteiger partial charge in [-0.3, -0.25) is 0 Å². The first-order valence-electron chi connectivity index (χ1n) is 3.60. The summed E-state index contributed by atoms with van der Waals surface area (Å²) in [7, 11) is 0. The fourth-order valence-electron chi connectivity index (χ4n) is 1.19. The van der Waals surface area contributed by atoms with Crippen molar-refractivity contribution in [2.45, 2.75) is 6.92 Å². The summed E-state index contributed by atoms with van der Waals surface area (Å²) in [5.74, 6) is -0.589. The standard InChI is InChI=1S/C8H6ClFN2O/c1-3-6-5(13-12-3)2-4(10)8(11)7(6)9/h2H,11H2,1H3. The number of fused-ring (bicyclic) bond motifs is 1. The van der Waals surface area contributed by atoms with E-state index in [1.54, 1.807) is 6.92 Å². The van der Waals surface area contributed by atoms with Crippen molar-refractivity contribution in [1.29, 1.82) is 0 Å². The van der Waals surface area contributed by atoms with Crippen LogP contribution in [0.25, 0.3) is 11.0 Å². The summed E-state index contributed by atoms with van der Waals surface area (Å²) in [6.45, 7) is 1.72. The van der Waals surface area contributed by atoms with Crippen molar-refractivity contribution in [3.05, 3.63) is 22.6 Å². The molecule has 2 N–H and O–H groups in total. The molecular formula is C8H6ClFN2O. The number of hydrogen-bond donors (Lipinski definition) is 1. The van der Waals surface area contributed by atoms with Gasteiger partial charge in [0.1, 0.15) is 0 Å². The molecule has 0 aliphatic carbocycles. The maximum absolute atomic E-state index is 13.0. The van der Waals surface area contributed by atoms with E-state index in [4.69, 9.17) is 21.9 Å². The summed E-state index contributed by atoms with van der Waals surface area (Å²) in [5, 5.41) is 4.39. The Morgan fingerprint density at radius 3 is 3.00 bits per heavy atom. The lowest BCUT2D eigenvalue weighted by Gasteiger charge is -1.99. The van der Waals surface area contributed by atoms with Gasteiger partial charge in [0.15, 0.2) is 11.4 Å². The second-order valence-electron chi connectivity index (χ2n) is 2.73. The number of anilines is 1. The predicted molar refractivity (Wildman–Crippen MR) is 48.1 cm³/mol. The van der Waals surface area contributed by atoms with Gasteiger partial charge in [0.25, 0.3) is 0 Å². The molecule has 0 radical (unpaired) electrons. The van der Waals surface area contributed by atoms with Crippen LogP contribution >= 0.6 is 11.6 Å². The average Bonchev–Trinajstić information content (AvgIpc) is 2.43. The lowest BCUT2D eigenvalue weighted by Crippen LogP contribution is -1.91. The number of nitrogens with zero attached hydrogens (tertiary/aromatic N) is 1. The molecule has 0 fully saturated rings. The van der Waals surface area contributed by atoms with Crippen LogP contribution in [-0.2, 0) is 0 Å². The van der Waals surface area contributed by atoms with Gasteiger partial charge in [-0.1, -0.05) is 16.8 Å². The number of nitrogen functional groups attached to an aromatic ring is 1. The third-order valence-electron chi connectivity index (χ3n) is 1.86. The van der Waals surface area contributed by atoms with Gasteiger partial charge in [-0.15, -0.1) is 0 Å². The largest absolute Gasteiger partial charge is 0.395 e. The maximum atomic E-state index is 13.0. The smallest absolute Gasteiger partial charge is 0.171 e. The summed E-state index contributed by atoms with van der Waals surface area (Å²) >= 11 is 5.81. The third kappa shape index (κ3) is 1.06. The quantitative estimate of drug-likeness (QED) is 0.665. The zero-order valence-corrected chi connectivity index (χ0v) is 7.52. The Morgan fingerprint density at radius 2 is 2.31 bits per heavy atom. The van der Waals surface area contributed by atoms with Gasteiger partial charge >= 0.3 is 0 Å². The van der Waals surface area contributed by atoms with Crippen molar-refractivity contribution in [2.24, 2.45) is 0 Å². The number of rotatable bonds is 0. The van der Waals surface area contributed by atoms with E-state index in [1.807, 2.05) is 0 Å². The van der Waals surface area contributed by atoms with Crippen LogP contribution in [0.3, 0.4) is 0 Å². The Bertz CT molecular complexity index is 480. The first-order chi connectivity index (χ1) is 6.11. The van der Waals surface area contributed by atoms with Gasteiger partial charge in [0, 0.05) is 6.07 Å².